The van der Waals surface area contributed by atoms with Crippen molar-refractivity contribution in [1.82, 2.24) is 10.4 Å². The molecule has 1 heterocycles. The Morgan fingerprint density at radius 2 is 2.22 bits per heavy atom. The number of rotatable bonds is 7. The van der Waals surface area contributed by atoms with E-state index in [0.717, 1.165) is 0 Å². The molecule has 0 fully saturated rings. The van der Waals surface area contributed by atoms with Crippen LogP contribution in [0.4, 0.5) is 0 Å². The first-order valence-corrected chi connectivity index (χ1v) is 8.58. The van der Waals surface area contributed by atoms with Crippen molar-refractivity contribution in [3.05, 3.63) is 51.1 Å². The number of hydrazone groups is 1. The van der Waals surface area contributed by atoms with Crippen LogP contribution in [0.5, 0.6) is 11.6 Å². The van der Waals surface area contributed by atoms with Crippen molar-refractivity contribution in [3.63, 3.8) is 0 Å². The average molecular weight is 433 g/mol. The van der Waals surface area contributed by atoms with Crippen molar-refractivity contribution in [2.75, 3.05) is 13.7 Å². The van der Waals surface area contributed by atoms with Crippen LogP contribution in [-0.2, 0) is 16.1 Å². The smallest absolute Gasteiger partial charge is 0.278 e. The van der Waals surface area contributed by atoms with Gasteiger partial charge in [0.25, 0.3) is 5.91 Å². The van der Waals surface area contributed by atoms with Gasteiger partial charge in [-0.1, -0.05) is 12.1 Å². The molecular weight excluding hydrogens is 416 g/mol. The summed E-state index contributed by atoms with van der Waals surface area (Å²) < 4.78 is 11.2. The molecule has 0 bridgehead atoms. The summed E-state index contributed by atoms with van der Waals surface area (Å²) in [5.41, 5.74) is 4.14. The quantitative estimate of drug-likeness (QED) is 0.512. The predicted molar refractivity (Wildman–Crippen MR) is 101 cm³/mol. The summed E-state index contributed by atoms with van der Waals surface area (Å²) in [4.78, 5) is 16.1. The number of carbonyl (C=O) groups is 1. The van der Waals surface area contributed by atoms with Crippen LogP contribution in [0, 0.1) is 18.3 Å². The molecule has 0 atom stereocenters. The zero-order valence-electron chi connectivity index (χ0n) is 14.7. The second kappa shape index (κ2) is 9.66. The Bertz CT molecular complexity index is 909. The topological polar surface area (TPSA) is 117 Å². The molecule has 1 amide bonds. The monoisotopic (exact) mass is 432 g/mol. The number of ether oxygens (including phenoxy) is 2. The van der Waals surface area contributed by atoms with Gasteiger partial charge in [-0.3, -0.25) is 4.79 Å². The highest BCUT2D eigenvalue weighted by molar-refractivity contribution is 9.10. The number of nitriles is 1. The molecular formula is C18H17BrN4O4. The van der Waals surface area contributed by atoms with Gasteiger partial charge < -0.3 is 14.6 Å². The van der Waals surface area contributed by atoms with Gasteiger partial charge in [-0.25, -0.2) is 10.4 Å². The minimum Gasteiger partial charge on any atom is -0.507 e. The number of para-hydroxylation sites is 1. The number of hydrogen-bond donors (Lipinski definition) is 2. The van der Waals surface area contributed by atoms with E-state index in [1.165, 1.54) is 19.4 Å². The lowest BCUT2D eigenvalue weighted by Crippen LogP contribution is -2.25. The van der Waals surface area contributed by atoms with Crippen LogP contribution in [0.3, 0.4) is 0 Å². The highest BCUT2D eigenvalue weighted by Crippen LogP contribution is 2.29. The van der Waals surface area contributed by atoms with Gasteiger partial charge in [0.05, 0.1) is 18.5 Å². The number of benzene rings is 1. The number of pyridine rings is 1. The van der Waals surface area contributed by atoms with E-state index in [1.54, 1.807) is 25.1 Å². The molecule has 2 N–H and O–H groups in total. The molecule has 1 aromatic heterocycles. The first-order valence-electron chi connectivity index (χ1n) is 7.78. The molecule has 2 rings (SSSR count). The lowest BCUT2D eigenvalue weighted by Gasteiger charge is -2.13. The number of aromatic nitrogens is 1. The third kappa shape index (κ3) is 5.26. The normalized spacial score (nSPS) is 10.6. The molecule has 9 heteroatoms. The van der Waals surface area contributed by atoms with Gasteiger partial charge in [0.1, 0.15) is 17.4 Å². The van der Waals surface area contributed by atoms with Crippen molar-refractivity contribution in [2.45, 2.75) is 13.5 Å². The van der Waals surface area contributed by atoms with Crippen LogP contribution in [0.2, 0.25) is 0 Å². The van der Waals surface area contributed by atoms with Crippen molar-refractivity contribution in [1.29, 1.82) is 5.26 Å². The first kappa shape index (κ1) is 20.4. The Morgan fingerprint density at radius 1 is 1.48 bits per heavy atom. The summed E-state index contributed by atoms with van der Waals surface area (Å²) in [6.45, 7) is 1.56. The second-order valence-electron chi connectivity index (χ2n) is 5.36. The summed E-state index contributed by atoms with van der Waals surface area (Å²) in [6, 6.07) is 8.59. The van der Waals surface area contributed by atoms with Gasteiger partial charge >= 0.3 is 0 Å². The summed E-state index contributed by atoms with van der Waals surface area (Å²) in [6.07, 6.45) is 1.31. The average Bonchev–Trinajstić information content (AvgIpc) is 2.65. The SMILES string of the molecule is COCc1c(Br)c(C)nc(OCC(=O)NN=Cc2ccccc2O)c1C#N. The number of aryl methyl sites for hydroxylation is 1. The van der Waals surface area contributed by atoms with Crippen LogP contribution >= 0.6 is 15.9 Å². The predicted octanol–water partition coefficient (Wildman–Crippen LogP) is 2.41. The maximum atomic E-state index is 11.9. The molecule has 0 aliphatic rings. The Hall–Kier alpha value is -2.96. The molecule has 8 nitrogen and oxygen atoms in total. The first-order chi connectivity index (χ1) is 13.0. The van der Waals surface area contributed by atoms with E-state index in [2.05, 4.69) is 31.4 Å². The molecule has 0 unspecified atom stereocenters. The molecule has 0 radical (unpaired) electrons. The van der Waals surface area contributed by atoms with E-state index >= 15 is 0 Å². The molecule has 1 aromatic carbocycles. The van der Waals surface area contributed by atoms with Gasteiger partial charge in [0, 0.05) is 22.7 Å². The fourth-order valence-corrected chi connectivity index (χ4v) is 2.55. The number of phenolic OH excluding ortho intramolecular Hbond substituents is 1. The number of aromatic hydroxyl groups is 1. The molecule has 27 heavy (non-hydrogen) atoms. The van der Waals surface area contributed by atoms with Crippen LogP contribution in [0.15, 0.2) is 33.8 Å². The molecule has 0 saturated carbocycles. The number of nitrogens with one attached hydrogen (secondary N) is 1. The Morgan fingerprint density at radius 3 is 2.89 bits per heavy atom. The van der Waals surface area contributed by atoms with E-state index < -0.39 is 5.91 Å². The Kier molecular flexibility index (Phi) is 7.28. The van der Waals surface area contributed by atoms with Crippen molar-refractivity contribution >= 4 is 28.1 Å². The highest BCUT2D eigenvalue weighted by atomic mass is 79.9. The zero-order valence-corrected chi connectivity index (χ0v) is 16.3. The van der Waals surface area contributed by atoms with Gasteiger partial charge in [0.15, 0.2) is 6.61 Å². The fourth-order valence-electron chi connectivity index (χ4n) is 2.15. The number of amides is 1. The van der Waals surface area contributed by atoms with Crippen molar-refractivity contribution < 1.29 is 19.4 Å². The van der Waals surface area contributed by atoms with Crippen molar-refractivity contribution in [3.8, 4) is 17.7 Å². The third-order valence-corrected chi connectivity index (χ3v) is 4.49. The number of methoxy groups -OCH3 is 1. The lowest BCUT2D eigenvalue weighted by molar-refractivity contribution is -0.123. The summed E-state index contributed by atoms with van der Waals surface area (Å²) in [7, 11) is 1.51. The Balaban J connectivity index is 2.05. The van der Waals surface area contributed by atoms with E-state index in [0.29, 0.717) is 21.3 Å². The minimum absolute atomic E-state index is 0.0464. The van der Waals surface area contributed by atoms with Crippen LogP contribution in [0.25, 0.3) is 0 Å². The standard InChI is InChI=1S/C18H17BrN4O4/c1-11-17(19)14(9-26-2)13(7-20)18(22-11)27-10-16(25)23-21-8-12-5-3-4-6-15(12)24/h3-6,8,24H,9-10H2,1-2H3,(H,23,25). The molecule has 0 aliphatic heterocycles. The number of carbonyl (C=O) groups excluding carboxylic acids is 1. The van der Waals surface area contributed by atoms with E-state index in [9.17, 15) is 15.2 Å². The van der Waals surface area contributed by atoms with E-state index in [4.69, 9.17) is 9.47 Å². The Labute approximate surface area is 164 Å². The fraction of sp³-hybridized carbons (Fsp3) is 0.222. The molecule has 0 spiro atoms. The van der Waals surface area contributed by atoms with E-state index in [1.807, 2.05) is 6.07 Å². The summed E-state index contributed by atoms with van der Waals surface area (Å²) in [5.74, 6) is -0.447. The van der Waals surface area contributed by atoms with E-state index in [-0.39, 0.29) is 30.4 Å². The largest absolute Gasteiger partial charge is 0.507 e. The minimum atomic E-state index is -0.541. The second-order valence-corrected chi connectivity index (χ2v) is 6.15. The number of halogens is 1. The number of nitrogens with zero attached hydrogens (tertiary/aromatic N) is 3. The van der Waals surface area contributed by atoms with Crippen molar-refractivity contribution in [2.24, 2.45) is 5.10 Å². The number of phenols is 1. The molecule has 140 valence electrons. The molecule has 0 aliphatic carbocycles. The lowest BCUT2D eigenvalue weighted by atomic mass is 10.1. The van der Waals surface area contributed by atoms with Gasteiger partial charge in [-0.2, -0.15) is 10.4 Å². The molecule has 2 aromatic rings. The third-order valence-electron chi connectivity index (χ3n) is 3.44. The maximum absolute atomic E-state index is 11.9. The zero-order chi connectivity index (χ0) is 19.8. The van der Waals surface area contributed by atoms with Crippen LogP contribution in [-0.4, -0.2) is 35.9 Å². The molecule has 0 saturated heterocycles. The van der Waals surface area contributed by atoms with Crippen LogP contribution < -0.4 is 10.2 Å². The van der Waals surface area contributed by atoms with Gasteiger partial charge in [0.2, 0.25) is 5.88 Å². The number of hydrogen-bond acceptors (Lipinski definition) is 7. The van der Waals surface area contributed by atoms with Gasteiger partial charge in [-0.05, 0) is 35.0 Å². The summed E-state index contributed by atoms with van der Waals surface area (Å²) >= 11 is 3.38. The van der Waals surface area contributed by atoms with Crippen LogP contribution in [0.1, 0.15) is 22.4 Å². The summed E-state index contributed by atoms with van der Waals surface area (Å²) in [5, 5.41) is 22.8. The maximum Gasteiger partial charge on any atom is 0.278 e. The van der Waals surface area contributed by atoms with Gasteiger partial charge in [-0.15, -0.1) is 0 Å². The highest BCUT2D eigenvalue weighted by Gasteiger charge is 2.18.